The van der Waals surface area contributed by atoms with Crippen molar-refractivity contribution in [3.63, 3.8) is 0 Å². The van der Waals surface area contributed by atoms with Crippen molar-refractivity contribution in [3.8, 4) is 0 Å². The Bertz CT molecular complexity index is 319. The van der Waals surface area contributed by atoms with Gasteiger partial charge in [0, 0.05) is 0 Å². The quantitative estimate of drug-likeness (QED) is 0.241. The average molecular weight is 337 g/mol. The number of rotatable bonds is 15. The van der Waals surface area contributed by atoms with Gasteiger partial charge in [-0.2, -0.15) is 0 Å². The van der Waals surface area contributed by atoms with E-state index in [1.54, 1.807) is 0 Å². The van der Waals surface area contributed by atoms with Crippen molar-refractivity contribution < 1.29 is 23.9 Å². The summed E-state index contributed by atoms with van der Waals surface area (Å²) in [6, 6.07) is 0. The predicted molar refractivity (Wildman–Crippen MR) is 87.7 cm³/mol. The molecule has 6 nitrogen and oxygen atoms in total. The summed E-state index contributed by atoms with van der Waals surface area (Å²) >= 11 is 0. The van der Waals surface area contributed by atoms with Crippen LogP contribution in [0.2, 0.25) is 0 Å². The molecule has 0 aliphatic heterocycles. The molecule has 0 aliphatic rings. The van der Waals surface area contributed by atoms with Crippen LogP contribution in [0.4, 0.5) is 0 Å². The molecule has 0 atom stereocenters. The SMILES string of the molecule is CCCCCCCCCCCCOC(=O)CNCP(=O)(O)O. The topological polar surface area (TPSA) is 95.9 Å². The van der Waals surface area contributed by atoms with Gasteiger partial charge in [0.2, 0.25) is 0 Å². The van der Waals surface area contributed by atoms with Crippen molar-refractivity contribution >= 4 is 13.6 Å². The van der Waals surface area contributed by atoms with E-state index < -0.39 is 19.9 Å². The van der Waals surface area contributed by atoms with Gasteiger partial charge in [-0.15, -0.1) is 0 Å². The first-order valence-corrected chi connectivity index (χ1v) is 10.2. The van der Waals surface area contributed by atoms with Gasteiger partial charge in [-0.3, -0.25) is 14.7 Å². The van der Waals surface area contributed by atoms with Gasteiger partial charge in [-0.1, -0.05) is 64.7 Å². The maximum Gasteiger partial charge on any atom is 0.339 e. The third-order valence-electron chi connectivity index (χ3n) is 3.35. The number of esters is 1. The Morgan fingerprint density at radius 2 is 1.45 bits per heavy atom. The fourth-order valence-corrected chi connectivity index (χ4v) is 2.53. The number of hydrogen-bond donors (Lipinski definition) is 3. The Morgan fingerprint density at radius 3 is 1.95 bits per heavy atom. The molecule has 0 aliphatic carbocycles. The van der Waals surface area contributed by atoms with E-state index in [2.05, 4.69) is 12.2 Å². The molecule has 0 saturated carbocycles. The van der Waals surface area contributed by atoms with Crippen LogP contribution in [0.25, 0.3) is 0 Å². The summed E-state index contributed by atoms with van der Waals surface area (Å²) in [6.07, 6.45) is 11.7. The molecule has 0 unspecified atom stereocenters. The summed E-state index contributed by atoms with van der Waals surface area (Å²) in [5, 5.41) is 2.38. The summed E-state index contributed by atoms with van der Waals surface area (Å²) in [5.41, 5.74) is 0. The zero-order chi connectivity index (χ0) is 16.7. The first-order chi connectivity index (χ1) is 10.5. The molecule has 0 bridgehead atoms. The van der Waals surface area contributed by atoms with Crippen LogP contribution < -0.4 is 5.32 Å². The van der Waals surface area contributed by atoms with E-state index >= 15 is 0 Å². The highest BCUT2D eigenvalue weighted by Crippen LogP contribution is 2.31. The zero-order valence-electron chi connectivity index (χ0n) is 13.8. The van der Waals surface area contributed by atoms with E-state index in [0.717, 1.165) is 12.8 Å². The highest BCUT2D eigenvalue weighted by Gasteiger charge is 2.12. The van der Waals surface area contributed by atoms with Crippen molar-refractivity contribution in [2.75, 3.05) is 19.4 Å². The number of hydrogen-bond acceptors (Lipinski definition) is 4. The normalized spacial score (nSPS) is 11.6. The summed E-state index contributed by atoms with van der Waals surface area (Å²) in [6.45, 7) is 2.44. The van der Waals surface area contributed by atoms with E-state index in [1.807, 2.05) is 0 Å². The fourth-order valence-electron chi connectivity index (χ4n) is 2.13. The highest BCUT2D eigenvalue weighted by atomic mass is 31.2. The summed E-state index contributed by atoms with van der Waals surface area (Å²) in [7, 11) is -4.10. The highest BCUT2D eigenvalue weighted by molar-refractivity contribution is 7.51. The van der Waals surface area contributed by atoms with Gasteiger partial charge in [0.15, 0.2) is 0 Å². The Morgan fingerprint density at radius 1 is 0.955 bits per heavy atom. The Labute approximate surface area is 134 Å². The zero-order valence-corrected chi connectivity index (χ0v) is 14.7. The van der Waals surface area contributed by atoms with Crippen molar-refractivity contribution in [1.29, 1.82) is 0 Å². The largest absolute Gasteiger partial charge is 0.465 e. The lowest BCUT2D eigenvalue weighted by molar-refractivity contribution is -0.142. The van der Waals surface area contributed by atoms with E-state index in [0.29, 0.717) is 6.61 Å². The number of unbranched alkanes of at least 4 members (excludes halogenated alkanes) is 9. The van der Waals surface area contributed by atoms with Crippen LogP contribution in [-0.4, -0.2) is 35.2 Å². The van der Waals surface area contributed by atoms with Crippen LogP contribution in [-0.2, 0) is 14.1 Å². The fraction of sp³-hybridized carbons (Fsp3) is 0.933. The van der Waals surface area contributed by atoms with Crippen molar-refractivity contribution in [2.24, 2.45) is 0 Å². The second-order valence-corrected chi connectivity index (χ2v) is 7.30. The lowest BCUT2D eigenvalue weighted by Gasteiger charge is -2.07. The van der Waals surface area contributed by atoms with Gasteiger partial charge in [-0.05, 0) is 6.42 Å². The van der Waals surface area contributed by atoms with E-state index in [9.17, 15) is 9.36 Å². The second-order valence-electron chi connectivity index (χ2n) is 5.65. The van der Waals surface area contributed by atoms with Crippen LogP contribution in [0.15, 0.2) is 0 Å². The monoisotopic (exact) mass is 337 g/mol. The van der Waals surface area contributed by atoms with Crippen LogP contribution in [0.3, 0.4) is 0 Å². The summed E-state index contributed by atoms with van der Waals surface area (Å²) < 4.78 is 15.5. The number of carbonyl (C=O) groups excluding carboxylic acids is 1. The van der Waals surface area contributed by atoms with Gasteiger partial charge < -0.3 is 14.5 Å². The van der Waals surface area contributed by atoms with Crippen LogP contribution in [0, 0.1) is 0 Å². The standard InChI is InChI=1S/C15H32NO5P/c1-2-3-4-5-6-7-8-9-10-11-12-21-15(17)13-16-14-22(18,19)20/h16H,2-14H2,1H3,(H2,18,19,20). The molecule has 0 heterocycles. The molecule has 0 spiro atoms. The van der Waals surface area contributed by atoms with Crippen molar-refractivity contribution in [2.45, 2.75) is 71.1 Å². The maximum absolute atomic E-state index is 11.3. The van der Waals surface area contributed by atoms with Gasteiger partial charge in [0.1, 0.15) is 0 Å². The molecular weight excluding hydrogens is 305 g/mol. The lowest BCUT2D eigenvalue weighted by atomic mass is 10.1. The van der Waals surface area contributed by atoms with Gasteiger partial charge in [0.05, 0.1) is 19.4 Å². The Balaban J connectivity index is 3.22. The van der Waals surface area contributed by atoms with Crippen LogP contribution >= 0.6 is 7.60 Å². The molecule has 7 heteroatoms. The van der Waals surface area contributed by atoms with E-state index in [-0.39, 0.29) is 6.54 Å². The molecule has 0 fully saturated rings. The molecule has 0 aromatic heterocycles. The molecular formula is C15H32NO5P. The lowest BCUT2D eigenvalue weighted by Crippen LogP contribution is -2.25. The molecule has 0 amide bonds. The third kappa shape index (κ3) is 17.6. The molecule has 0 aromatic rings. The number of carbonyl (C=O) groups is 1. The summed E-state index contributed by atoms with van der Waals surface area (Å²) in [5.74, 6) is -0.468. The smallest absolute Gasteiger partial charge is 0.339 e. The van der Waals surface area contributed by atoms with Crippen LogP contribution in [0.5, 0.6) is 0 Å². The maximum atomic E-state index is 11.3. The molecule has 132 valence electrons. The molecule has 0 saturated heterocycles. The molecule has 3 N–H and O–H groups in total. The first-order valence-electron chi connectivity index (χ1n) is 8.36. The molecule has 0 radical (unpaired) electrons. The third-order valence-corrected chi connectivity index (χ3v) is 3.98. The average Bonchev–Trinajstić information content (AvgIpc) is 2.43. The molecule has 22 heavy (non-hydrogen) atoms. The minimum absolute atomic E-state index is 0.164. The minimum Gasteiger partial charge on any atom is -0.465 e. The number of ether oxygens (including phenoxy) is 1. The molecule has 0 rings (SSSR count). The van der Waals surface area contributed by atoms with Gasteiger partial charge >= 0.3 is 13.6 Å². The van der Waals surface area contributed by atoms with E-state index in [1.165, 1.54) is 51.4 Å². The Kier molecular flexibility index (Phi) is 13.9. The van der Waals surface area contributed by atoms with Gasteiger partial charge in [-0.25, -0.2) is 0 Å². The first kappa shape index (κ1) is 21.6. The minimum atomic E-state index is -4.10. The van der Waals surface area contributed by atoms with Crippen molar-refractivity contribution in [1.82, 2.24) is 5.32 Å². The Hall–Kier alpha value is -0.420. The predicted octanol–water partition coefficient (Wildman–Crippen LogP) is 3.18. The number of nitrogens with one attached hydrogen (secondary N) is 1. The van der Waals surface area contributed by atoms with Crippen LogP contribution in [0.1, 0.15) is 71.1 Å². The second kappa shape index (κ2) is 14.2. The van der Waals surface area contributed by atoms with Crippen molar-refractivity contribution in [3.05, 3.63) is 0 Å². The molecule has 0 aromatic carbocycles. The van der Waals surface area contributed by atoms with E-state index in [4.69, 9.17) is 14.5 Å². The summed E-state index contributed by atoms with van der Waals surface area (Å²) in [4.78, 5) is 28.5. The van der Waals surface area contributed by atoms with Gasteiger partial charge in [0.25, 0.3) is 0 Å².